The van der Waals surface area contributed by atoms with Crippen molar-refractivity contribution in [3.63, 3.8) is 0 Å². The Kier molecular flexibility index (Phi) is 5.80. The minimum absolute atomic E-state index is 0.254. The summed E-state index contributed by atoms with van der Waals surface area (Å²) in [6, 6.07) is 11.0. The van der Waals surface area contributed by atoms with Gasteiger partial charge in [0.2, 0.25) is 5.95 Å². The maximum absolute atomic E-state index is 12.7. The molecule has 0 aliphatic carbocycles. The van der Waals surface area contributed by atoms with Crippen LogP contribution in [0.2, 0.25) is 5.02 Å². The molecule has 0 radical (unpaired) electrons. The second-order valence-electron chi connectivity index (χ2n) is 6.41. The summed E-state index contributed by atoms with van der Waals surface area (Å²) in [5.41, 5.74) is 4.57. The molecular formula is C21H21ClN4O2. The number of hydrogen-bond acceptors (Lipinski definition) is 5. The van der Waals surface area contributed by atoms with Gasteiger partial charge < -0.3 is 15.4 Å². The van der Waals surface area contributed by atoms with Gasteiger partial charge in [-0.25, -0.2) is 9.97 Å². The second-order valence-corrected chi connectivity index (χ2v) is 6.82. The molecule has 0 unspecified atom stereocenters. The summed E-state index contributed by atoms with van der Waals surface area (Å²) in [6.45, 7) is 5.79. The van der Waals surface area contributed by atoms with Crippen LogP contribution in [-0.2, 0) is 0 Å². The number of nitrogens with zero attached hydrogens (tertiary/aromatic N) is 2. The van der Waals surface area contributed by atoms with E-state index in [0.717, 1.165) is 22.4 Å². The maximum Gasteiger partial charge on any atom is 0.274 e. The standard InChI is InChI=1S/C21H21ClN4O2/c1-12-6-5-7-13(2)19(12)26-20(27)16-8-9-23-21(24-16)25-17-10-14(3)15(22)11-18(17)28-4/h5-11H,1-4H3,(H,26,27)(H,23,24,25). The highest BCUT2D eigenvalue weighted by molar-refractivity contribution is 6.31. The summed E-state index contributed by atoms with van der Waals surface area (Å²) in [5.74, 6) is 0.542. The fraction of sp³-hybridized carbons (Fsp3) is 0.190. The Morgan fingerprint density at radius 3 is 2.46 bits per heavy atom. The van der Waals surface area contributed by atoms with Gasteiger partial charge in [-0.3, -0.25) is 4.79 Å². The Morgan fingerprint density at radius 1 is 1.07 bits per heavy atom. The lowest BCUT2D eigenvalue weighted by molar-refractivity contribution is 0.102. The van der Waals surface area contributed by atoms with E-state index < -0.39 is 0 Å². The molecule has 1 aromatic heterocycles. The van der Waals surface area contributed by atoms with Crippen molar-refractivity contribution in [1.82, 2.24) is 9.97 Å². The monoisotopic (exact) mass is 396 g/mol. The van der Waals surface area contributed by atoms with Crippen LogP contribution in [0.3, 0.4) is 0 Å². The molecule has 0 spiro atoms. The molecule has 0 saturated heterocycles. The van der Waals surface area contributed by atoms with Crippen LogP contribution in [0.5, 0.6) is 5.75 Å². The third kappa shape index (κ3) is 4.23. The molecule has 7 heteroatoms. The van der Waals surface area contributed by atoms with Crippen LogP contribution in [0.1, 0.15) is 27.2 Å². The van der Waals surface area contributed by atoms with Crippen LogP contribution < -0.4 is 15.4 Å². The first-order chi connectivity index (χ1) is 13.4. The van der Waals surface area contributed by atoms with E-state index in [1.165, 1.54) is 6.20 Å². The molecule has 0 aliphatic heterocycles. The van der Waals surface area contributed by atoms with E-state index in [-0.39, 0.29) is 17.5 Å². The molecule has 6 nitrogen and oxygen atoms in total. The van der Waals surface area contributed by atoms with Crippen molar-refractivity contribution in [2.45, 2.75) is 20.8 Å². The van der Waals surface area contributed by atoms with Gasteiger partial charge in [-0.05, 0) is 49.6 Å². The fourth-order valence-electron chi connectivity index (χ4n) is 2.78. The lowest BCUT2D eigenvalue weighted by Crippen LogP contribution is -2.16. The van der Waals surface area contributed by atoms with Crippen molar-refractivity contribution in [1.29, 1.82) is 0 Å². The van der Waals surface area contributed by atoms with Gasteiger partial charge in [0.1, 0.15) is 11.4 Å². The van der Waals surface area contributed by atoms with Crippen LogP contribution in [0.15, 0.2) is 42.6 Å². The van der Waals surface area contributed by atoms with E-state index in [1.807, 2.05) is 45.0 Å². The number of anilines is 3. The van der Waals surface area contributed by atoms with Gasteiger partial charge in [0.15, 0.2) is 0 Å². The summed E-state index contributed by atoms with van der Waals surface area (Å²) < 4.78 is 5.35. The van der Waals surface area contributed by atoms with E-state index in [2.05, 4.69) is 20.6 Å². The fourth-order valence-corrected chi connectivity index (χ4v) is 2.94. The summed E-state index contributed by atoms with van der Waals surface area (Å²) in [5, 5.41) is 6.62. The van der Waals surface area contributed by atoms with Gasteiger partial charge in [-0.1, -0.05) is 29.8 Å². The maximum atomic E-state index is 12.7. The van der Waals surface area contributed by atoms with E-state index in [0.29, 0.717) is 16.5 Å². The SMILES string of the molecule is COc1cc(Cl)c(C)cc1Nc1nccc(C(=O)Nc2c(C)cccc2C)n1. The molecular weight excluding hydrogens is 376 g/mol. The number of ether oxygens (including phenoxy) is 1. The molecule has 3 aromatic rings. The van der Waals surface area contributed by atoms with Crippen molar-refractivity contribution in [2.24, 2.45) is 0 Å². The second kappa shape index (κ2) is 8.27. The smallest absolute Gasteiger partial charge is 0.274 e. The van der Waals surface area contributed by atoms with Crippen LogP contribution in [-0.4, -0.2) is 23.0 Å². The predicted molar refractivity (Wildman–Crippen MR) is 112 cm³/mol. The molecule has 1 amide bonds. The third-order valence-electron chi connectivity index (χ3n) is 4.34. The van der Waals surface area contributed by atoms with Gasteiger partial charge >= 0.3 is 0 Å². The number of benzene rings is 2. The van der Waals surface area contributed by atoms with Crippen molar-refractivity contribution in [2.75, 3.05) is 17.7 Å². The zero-order valence-corrected chi connectivity index (χ0v) is 16.9. The lowest BCUT2D eigenvalue weighted by atomic mass is 10.1. The number of amides is 1. The number of carbonyl (C=O) groups excluding carboxylic acids is 1. The summed E-state index contributed by atoms with van der Waals surface area (Å²) in [4.78, 5) is 21.2. The van der Waals surface area contributed by atoms with Crippen molar-refractivity contribution < 1.29 is 9.53 Å². The minimum Gasteiger partial charge on any atom is -0.495 e. The Morgan fingerprint density at radius 2 is 1.79 bits per heavy atom. The number of nitrogens with one attached hydrogen (secondary N) is 2. The zero-order valence-electron chi connectivity index (χ0n) is 16.1. The van der Waals surface area contributed by atoms with E-state index in [4.69, 9.17) is 16.3 Å². The van der Waals surface area contributed by atoms with E-state index in [9.17, 15) is 4.79 Å². The first kappa shape index (κ1) is 19.6. The topological polar surface area (TPSA) is 76.1 Å². The zero-order chi connectivity index (χ0) is 20.3. The van der Waals surface area contributed by atoms with Crippen LogP contribution >= 0.6 is 11.6 Å². The molecule has 144 valence electrons. The molecule has 1 heterocycles. The normalized spacial score (nSPS) is 10.5. The van der Waals surface area contributed by atoms with Crippen LogP contribution in [0.25, 0.3) is 0 Å². The van der Waals surface area contributed by atoms with Crippen molar-refractivity contribution in [3.05, 3.63) is 70.0 Å². The number of halogens is 1. The van der Waals surface area contributed by atoms with Gasteiger partial charge in [0.05, 0.1) is 12.8 Å². The Balaban J connectivity index is 1.85. The Labute approximate surface area is 168 Å². The molecule has 0 bridgehead atoms. The largest absolute Gasteiger partial charge is 0.495 e. The van der Waals surface area contributed by atoms with Gasteiger partial charge in [-0.15, -0.1) is 0 Å². The van der Waals surface area contributed by atoms with Gasteiger partial charge in [0, 0.05) is 23.0 Å². The Bertz CT molecular complexity index is 1020. The van der Waals surface area contributed by atoms with Crippen LogP contribution in [0.4, 0.5) is 17.3 Å². The first-order valence-corrected chi connectivity index (χ1v) is 9.08. The van der Waals surface area contributed by atoms with Crippen molar-refractivity contribution in [3.8, 4) is 5.75 Å². The molecule has 0 aliphatic rings. The highest BCUT2D eigenvalue weighted by Crippen LogP contribution is 2.32. The van der Waals surface area contributed by atoms with Crippen LogP contribution in [0, 0.1) is 20.8 Å². The number of hydrogen-bond donors (Lipinski definition) is 2. The average molecular weight is 397 g/mol. The third-order valence-corrected chi connectivity index (χ3v) is 4.74. The molecule has 28 heavy (non-hydrogen) atoms. The minimum atomic E-state index is -0.304. The molecule has 2 N–H and O–H groups in total. The predicted octanol–water partition coefficient (Wildman–Crippen LogP) is 5.06. The lowest BCUT2D eigenvalue weighted by Gasteiger charge is -2.13. The average Bonchev–Trinajstić information content (AvgIpc) is 2.67. The molecule has 0 atom stereocenters. The van der Waals surface area contributed by atoms with Gasteiger partial charge in [-0.2, -0.15) is 0 Å². The quantitative estimate of drug-likeness (QED) is 0.630. The number of aryl methyl sites for hydroxylation is 3. The summed E-state index contributed by atoms with van der Waals surface area (Å²) in [7, 11) is 1.56. The molecule has 3 rings (SSSR count). The van der Waals surface area contributed by atoms with E-state index in [1.54, 1.807) is 19.2 Å². The number of rotatable bonds is 5. The molecule has 0 saturated carbocycles. The number of aromatic nitrogens is 2. The highest BCUT2D eigenvalue weighted by atomic mass is 35.5. The molecule has 2 aromatic carbocycles. The summed E-state index contributed by atoms with van der Waals surface area (Å²) in [6.07, 6.45) is 1.53. The first-order valence-electron chi connectivity index (χ1n) is 8.71. The number of carbonyl (C=O) groups is 1. The highest BCUT2D eigenvalue weighted by Gasteiger charge is 2.13. The Hall–Kier alpha value is -3.12. The summed E-state index contributed by atoms with van der Waals surface area (Å²) >= 11 is 6.14. The number of methoxy groups -OCH3 is 1. The number of para-hydroxylation sites is 1. The van der Waals surface area contributed by atoms with Crippen molar-refractivity contribution >= 4 is 34.8 Å². The van der Waals surface area contributed by atoms with E-state index >= 15 is 0 Å². The molecule has 0 fully saturated rings. The van der Waals surface area contributed by atoms with Gasteiger partial charge in [0.25, 0.3) is 5.91 Å².